The maximum atomic E-state index is 5.91. The highest BCUT2D eigenvalue weighted by Gasteiger charge is 2.22. The van der Waals surface area contributed by atoms with Crippen LogP contribution in [0.25, 0.3) is 10.1 Å². The van der Waals surface area contributed by atoms with Crippen LogP contribution in [-0.4, -0.2) is 5.75 Å². The van der Waals surface area contributed by atoms with Gasteiger partial charge in [-0.25, -0.2) is 0 Å². The van der Waals surface area contributed by atoms with Gasteiger partial charge in [0.15, 0.2) is 0 Å². The van der Waals surface area contributed by atoms with Gasteiger partial charge in [0.2, 0.25) is 0 Å². The molecule has 1 aromatic heterocycles. The van der Waals surface area contributed by atoms with Crippen molar-refractivity contribution in [1.29, 1.82) is 0 Å². The fraction of sp³-hybridized carbons (Fsp3) is 0.200. The number of rotatable bonds is 2. The molecule has 0 amide bonds. The first kappa shape index (κ1) is 9.98. The van der Waals surface area contributed by atoms with Crippen LogP contribution in [0.4, 0.5) is 0 Å². The number of nitrogens with two attached hydrogens (primary N) is 2. The monoisotopic (exact) mass is 224 g/mol. The molecular weight excluding hydrogens is 212 g/mol. The molecule has 2 rings (SSSR count). The molecule has 0 atom stereocenters. The molecule has 0 saturated heterocycles. The molecule has 74 valence electrons. The lowest BCUT2D eigenvalue weighted by molar-refractivity contribution is 0.545. The van der Waals surface area contributed by atoms with E-state index in [9.17, 15) is 0 Å². The van der Waals surface area contributed by atoms with Crippen molar-refractivity contribution in [3.63, 3.8) is 0 Å². The highest BCUT2D eigenvalue weighted by molar-refractivity contribution is 7.80. The molecule has 4 heteroatoms. The number of hydrogen-bond acceptors (Lipinski definition) is 4. The van der Waals surface area contributed by atoms with Crippen LogP contribution in [0.3, 0.4) is 0 Å². The van der Waals surface area contributed by atoms with Crippen LogP contribution in [0.15, 0.2) is 30.3 Å². The smallest absolute Gasteiger partial charge is 0.108 e. The largest absolute Gasteiger partial charge is 0.308 e. The second kappa shape index (κ2) is 3.55. The third-order valence-electron chi connectivity index (χ3n) is 2.15. The van der Waals surface area contributed by atoms with Crippen molar-refractivity contribution in [3.05, 3.63) is 35.2 Å². The van der Waals surface area contributed by atoms with Crippen molar-refractivity contribution in [2.75, 3.05) is 5.75 Å². The Kier molecular flexibility index (Phi) is 2.53. The number of thiol groups is 1. The molecule has 0 unspecified atom stereocenters. The lowest BCUT2D eigenvalue weighted by atomic mass is 10.1. The molecule has 4 N–H and O–H groups in total. The molecule has 14 heavy (non-hydrogen) atoms. The van der Waals surface area contributed by atoms with Crippen LogP contribution >= 0.6 is 24.0 Å². The summed E-state index contributed by atoms with van der Waals surface area (Å²) in [5.41, 5.74) is 11.0. The molecule has 0 fully saturated rings. The van der Waals surface area contributed by atoms with Gasteiger partial charge >= 0.3 is 0 Å². The molecule has 1 aromatic carbocycles. The van der Waals surface area contributed by atoms with Gasteiger partial charge < -0.3 is 11.5 Å². The quantitative estimate of drug-likeness (QED) is 0.539. The Balaban J connectivity index is 2.55. The summed E-state index contributed by atoms with van der Waals surface area (Å²) in [7, 11) is 0. The number of thiophene rings is 1. The van der Waals surface area contributed by atoms with Gasteiger partial charge in [0.25, 0.3) is 0 Å². The molecule has 1 heterocycles. The molecule has 0 bridgehead atoms. The molecule has 0 spiro atoms. The van der Waals surface area contributed by atoms with Crippen LogP contribution in [0.5, 0.6) is 0 Å². The Bertz CT molecular complexity index is 415. The van der Waals surface area contributed by atoms with Gasteiger partial charge in [0.05, 0.1) is 0 Å². The lowest BCUT2D eigenvalue weighted by Crippen LogP contribution is -2.47. The molecule has 0 aliphatic heterocycles. The van der Waals surface area contributed by atoms with E-state index in [0.29, 0.717) is 5.75 Å². The van der Waals surface area contributed by atoms with Gasteiger partial charge in [-0.1, -0.05) is 18.2 Å². The standard InChI is InChI=1S/C10H12N2S2/c11-10(12,6-13)9-5-7-3-1-2-4-8(7)14-9/h1-5,13H,6,11-12H2. The first-order valence-corrected chi connectivity index (χ1v) is 5.76. The number of hydrogen-bond donors (Lipinski definition) is 3. The van der Waals surface area contributed by atoms with E-state index in [1.54, 1.807) is 11.3 Å². The molecular formula is C10H12N2S2. The highest BCUT2D eigenvalue weighted by Crippen LogP contribution is 2.29. The van der Waals surface area contributed by atoms with Gasteiger partial charge in [-0.15, -0.1) is 11.3 Å². The predicted octanol–water partition coefficient (Wildman–Crippen LogP) is 1.90. The van der Waals surface area contributed by atoms with E-state index in [-0.39, 0.29) is 0 Å². The van der Waals surface area contributed by atoms with Crippen molar-refractivity contribution in [3.8, 4) is 0 Å². The minimum atomic E-state index is -0.813. The Morgan fingerprint density at radius 3 is 2.64 bits per heavy atom. The van der Waals surface area contributed by atoms with E-state index in [1.165, 1.54) is 10.1 Å². The fourth-order valence-electron chi connectivity index (χ4n) is 1.29. The van der Waals surface area contributed by atoms with E-state index < -0.39 is 5.66 Å². The molecule has 0 aliphatic rings. The van der Waals surface area contributed by atoms with Gasteiger partial charge in [-0.05, 0) is 17.5 Å². The summed E-state index contributed by atoms with van der Waals surface area (Å²) in [6.07, 6.45) is 0. The topological polar surface area (TPSA) is 52.0 Å². The van der Waals surface area contributed by atoms with E-state index in [2.05, 4.69) is 24.8 Å². The normalized spacial score (nSPS) is 12.2. The molecule has 2 aromatic rings. The lowest BCUT2D eigenvalue weighted by Gasteiger charge is -2.19. The summed E-state index contributed by atoms with van der Waals surface area (Å²) >= 11 is 5.78. The fourth-order valence-corrected chi connectivity index (χ4v) is 2.64. The SMILES string of the molecule is NC(N)(CS)c1cc2ccccc2s1. The Hall–Kier alpha value is -0.550. The Morgan fingerprint density at radius 2 is 2.00 bits per heavy atom. The van der Waals surface area contributed by atoms with Crippen molar-refractivity contribution >= 4 is 34.1 Å². The van der Waals surface area contributed by atoms with Gasteiger partial charge in [0.1, 0.15) is 5.66 Å². The van der Waals surface area contributed by atoms with Crippen LogP contribution in [0.2, 0.25) is 0 Å². The molecule has 0 saturated carbocycles. The maximum Gasteiger partial charge on any atom is 0.108 e. The Morgan fingerprint density at radius 1 is 1.29 bits per heavy atom. The van der Waals surface area contributed by atoms with Gasteiger partial charge in [0, 0.05) is 15.3 Å². The average molecular weight is 224 g/mol. The third-order valence-corrected chi connectivity index (χ3v) is 3.98. The van der Waals surface area contributed by atoms with Crippen LogP contribution < -0.4 is 11.5 Å². The van der Waals surface area contributed by atoms with Crippen LogP contribution in [0, 0.1) is 0 Å². The third kappa shape index (κ3) is 1.66. The first-order valence-electron chi connectivity index (χ1n) is 4.31. The summed E-state index contributed by atoms with van der Waals surface area (Å²) in [6, 6.07) is 10.2. The second-order valence-electron chi connectivity index (χ2n) is 3.35. The van der Waals surface area contributed by atoms with E-state index >= 15 is 0 Å². The summed E-state index contributed by atoms with van der Waals surface area (Å²) in [5.74, 6) is 0.444. The zero-order valence-corrected chi connectivity index (χ0v) is 9.31. The predicted molar refractivity (Wildman–Crippen MR) is 65.7 cm³/mol. The minimum absolute atomic E-state index is 0.444. The van der Waals surface area contributed by atoms with Crippen LogP contribution in [0.1, 0.15) is 4.88 Å². The van der Waals surface area contributed by atoms with Crippen molar-refractivity contribution < 1.29 is 0 Å². The summed E-state index contributed by atoms with van der Waals surface area (Å²) < 4.78 is 1.21. The summed E-state index contributed by atoms with van der Waals surface area (Å²) in [6.45, 7) is 0. The maximum absolute atomic E-state index is 5.91. The number of benzene rings is 1. The van der Waals surface area contributed by atoms with Crippen molar-refractivity contribution in [1.82, 2.24) is 0 Å². The molecule has 0 radical (unpaired) electrons. The molecule has 2 nitrogen and oxygen atoms in total. The Labute approximate surface area is 92.3 Å². The zero-order chi connectivity index (χ0) is 10.2. The highest BCUT2D eigenvalue weighted by atomic mass is 32.1. The average Bonchev–Trinajstić information content (AvgIpc) is 2.61. The molecule has 0 aliphatic carbocycles. The summed E-state index contributed by atoms with van der Waals surface area (Å²) in [4.78, 5) is 0.980. The van der Waals surface area contributed by atoms with Gasteiger partial charge in [-0.2, -0.15) is 12.6 Å². The van der Waals surface area contributed by atoms with Crippen molar-refractivity contribution in [2.24, 2.45) is 11.5 Å². The van der Waals surface area contributed by atoms with E-state index in [0.717, 1.165) is 4.88 Å². The zero-order valence-electron chi connectivity index (χ0n) is 7.60. The second-order valence-corrected chi connectivity index (χ2v) is 4.75. The van der Waals surface area contributed by atoms with E-state index in [4.69, 9.17) is 11.5 Å². The number of fused-ring (bicyclic) bond motifs is 1. The minimum Gasteiger partial charge on any atom is -0.308 e. The first-order chi connectivity index (χ1) is 6.63. The van der Waals surface area contributed by atoms with Crippen LogP contribution in [-0.2, 0) is 5.66 Å². The van der Waals surface area contributed by atoms with E-state index in [1.807, 2.05) is 18.2 Å². The van der Waals surface area contributed by atoms with Gasteiger partial charge in [-0.3, -0.25) is 0 Å². The summed E-state index contributed by atoms with van der Waals surface area (Å²) in [5, 5.41) is 1.19. The van der Waals surface area contributed by atoms with Crippen molar-refractivity contribution in [2.45, 2.75) is 5.66 Å².